The molecule has 11 heavy (non-hydrogen) atoms. The van der Waals surface area contributed by atoms with E-state index in [1.165, 1.54) is 12.8 Å². The minimum atomic E-state index is -0.697. The van der Waals surface area contributed by atoms with Gasteiger partial charge in [-0.25, -0.2) is 0 Å². The first-order chi connectivity index (χ1) is 4.79. The molecule has 2 N–H and O–H groups in total. The second kappa shape index (κ2) is 6.00. The molecule has 0 aromatic carbocycles. The van der Waals surface area contributed by atoms with Gasteiger partial charge in [0.2, 0.25) is 0 Å². The second-order valence-electron chi connectivity index (χ2n) is 2.73. The molecule has 4 heteroatoms. The van der Waals surface area contributed by atoms with Crippen molar-refractivity contribution in [1.29, 1.82) is 0 Å². The minimum absolute atomic E-state index is 0. The monoisotopic (exact) mass is 167 g/mol. The molecule has 60 valence electrons. The van der Waals surface area contributed by atoms with Gasteiger partial charge in [0.1, 0.15) is 0 Å². The van der Waals surface area contributed by atoms with Gasteiger partial charge in [0.15, 0.2) is 0 Å². The van der Waals surface area contributed by atoms with E-state index in [4.69, 9.17) is 5.11 Å². The number of hydrogen-bond donors (Lipinski definition) is 2. The van der Waals surface area contributed by atoms with Crippen LogP contribution < -0.4 is 5.32 Å². The van der Waals surface area contributed by atoms with Crippen LogP contribution in [0.4, 0.5) is 0 Å². The Morgan fingerprint density at radius 3 is 2.64 bits per heavy atom. The van der Waals surface area contributed by atoms with Crippen molar-refractivity contribution >= 4 is 35.5 Å². The normalized spacial score (nSPS) is 15.6. The van der Waals surface area contributed by atoms with Gasteiger partial charge in [-0.3, -0.25) is 4.79 Å². The molecule has 1 aliphatic carbocycles. The summed E-state index contributed by atoms with van der Waals surface area (Å²) < 4.78 is 0. The van der Waals surface area contributed by atoms with E-state index in [9.17, 15) is 4.79 Å². The molecular formula is C7H14NNaO2. The third-order valence-electron chi connectivity index (χ3n) is 1.58. The molecule has 1 rings (SSSR count). The molecule has 0 aromatic heterocycles. The van der Waals surface area contributed by atoms with E-state index in [0.29, 0.717) is 12.5 Å². The number of carbonyl (C=O) groups is 1. The number of rotatable bonds is 5. The van der Waals surface area contributed by atoms with Gasteiger partial charge in [0.25, 0.3) is 0 Å². The van der Waals surface area contributed by atoms with Crippen LogP contribution in [0.2, 0.25) is 0 Å². The first-order valence-corrected chi connectivity index (χ1v) is 3.74. The van der Waals surface area contributed by atoms with Crippen LogP contribution in [0.5, 0.6) is 0 Å². The van der Waals surface area contributed by atoms with Crippen molar-refractivity contribution in [2.75, 3.05) is 6.54 Å². The Morgan fingerprint density at radius 1 is 1.55 bits per heavy atom. The predicted octanol–water partition coefficient (Wildman–Crippen LogP) is -0.0453. The van der Waals surface area contributed by atoms with E-state index >= 15 is 0 Å². The molecule has 0 radical (unpaired) electrons. The Hall–Kier alpha value is 0.430. The SMILES string of the molecule is O=C(O)CCCNC1CC1.[NaH]. The summed E-state index contributed by atoms with van der Waals surface area (Å²) in [6, 6.07) is 0.703. The van der Waals surface area contributed by atoms with E-state index in [-0.39, 0.29) is 29.6 Å². The summed E-state index contributed by atoms with van der Waals surface area (Å²) >= 11 is 0. The van der Waals surface area contributed by atoms with Gasteiger partial charge in [-0.05, 0) is 25.8 Å². The Balaban J connectivity index is 0.000001000. The average Bonchev–Trinajstić information content (AvgIpc) is 2.62. The van der Waals surface area contributed by atoms with Crippen LogP contribution in [-0.2, 0) is 4.79 Å². The van der Waals surface area contributed by atoms with Crippen molar-refractivity contribution < 1.29 is 9.90 Å². The summed E-state index contributed by atoms with van der Waals surface area (Å²) in [7, 11) is 0. The van der Waals surface area contributed by atoms with Crippen LogP contribution in [0.3, 0.4) is 0 Å². The van der Waals surface area contributed by atoms with Gasteiger partial charge in [-0.15, -0.1) is 0 Å². The molecular weight excluding hydrogens is 153 g/mol. The molecule has 0 heterocycles. The molecule has 0 spiro atoms. The van der Waals surface area contributed by atoms with E-state index < -0.39 is 5.97 Å². The summed E-state index contributed by atoms with van der Waals surface area (Å²) in [6.45, 7) is 0.858. The molecule has 0 aromatic rings. The molecule has 1 saturated carbocycles. The quantitative estimate of drug-likeness (QED) is 0.446. The average molecular weight is 167 g/mol. The molecule has 1 fully saturated rings. The molecule has 0 atom stereocenters. The van der Waals surface area contributed by atoms with Gasteiger partial charge in [-0.1, -0.05) is 0 Å². The number of nitrogens with one attached hydrogen (secondary N) is 1. The summed E-state index contributed by atoms with van der Waals surface area (Å²) in [5.74, 6) is -0.697. The zero-order valence-corrected chi connectivity index (χ0v) is 5.97. The summed E-state index contributed by atoms with van der Waals surface area (Å²) in [5, 5.41) is 11.5. The fourth-order valence-electron chi connectivity index (χ4n) is 0.833. The van der Waals surface area contributed by atoms with Gasteiger partial charge in [-0.2, -0.15) is 0 Å². The number of carboxylic acids is 1. The van der Waals surface area contributed by atoms with Crippen molar-refractivity contribution in [1.82, 2.24) is 5.32 Å². The second-order valence-corrected chi connectivity index (χ2v) is 2.73. The third-order valence-corrected chi connectivity index (χ3v) is 1.58. The van der Waals surface area contributed by atoms with Gasteiger partial charge in [0.05, 0.1) is 0 Å². The molecule has 0 unspecified atom stereocenters. The van der Waals surface area contributed by atoms with Crippen molar-refractivity contribution in [2.45, 2.75) is 31.7 Å². The van der Waals surface area contributed by atoms with Crippen LogP contribution >= 0.6 is 0 Å². The van der Waals surface area contributed by atoms with E-state index in [2.05, 4.69) is 5.32 Å². The Kier molecular flexibility index (Phi) is 6.24. The zero-order valence-electron chi connectivity index (χ0n) is 5.97. The van der Waals surface area contributed by atoms with E-state index in [1.807, 2.05) is 0 Å². The fraction of sp³-hybridized carbons (Fsp3) is 0.857. The zero-order chi connectivity index (χ0) is 7.40. The number of aliphatic carboxylic acids is 1. The Bertz CT molecular complexity index is 126. The summed E-state index contributed by atoms with van der Waals surface area (Å²) in [4.78, 5) is 10.0. The van der Waals surface area contributed by atoms with Gasteiger partial charge in [0, 0.05) is 12.5 Å². The van der Waals surface area contributed by atoms with Gasteiger partial charge < -0.3 is 10.4 Å². The molecule has 0 amide bonds. The number of hydrogen-bond acceptors (Lipinski definition) is 2. The van der Waals surface area contributed by atoms with Crippen LogP contribution in [0, 0.1) is 0 Å². The van der Waals surface area contributed by atoms with Crippen molar-refractivity contribution in [3.8, 4) is 0 Å². The van der Waals surface area contributed by atoms with Crippen molar-refractivity contribution in [2.24, 2.45) is 0 Å². The van der Waals surface area contributed by atoms with Crippen LogP contribution in [0.1, 0.15) is 25.7 Å². The summed E-state index contributed by atoms with van der Waals surface area (Å²) in [6.07, 6.45) is 3.59. The predicted molar refractivity (Wildman–Crippen MR) is 45.0 cm³/mol. The standard InChI is InChI=1S/C7H13NO2.Na.H/c9-7(10)2-1-5-8-6-3-4-6;;/h6,8H,1-5H2,(H,9,10);;. The van der Waals surface area contributed by atoms with Gasteiger partial charge >= 0.3 is 35.5 Å². The molecule has 0 aliphatic heterocycles. The van der Waals surface area contributed by atoms with Crippen molar-refractivity contribution in [3.63, 3.8) is 0 Å². The van der Waals surface area contributed by atoms with Crippen LogP contribution in [-0.4, -0.2) is 53.2 Å². The molecule has 0 bridgehead atoms. The number of carboxylic acid groups (broad SMARTS) is 1. The van der Waals surface area contributed by atoms with Crippen LogP contribution in [0.15, 0.2) is 0 Å². The van der Waals surface area contributed by atoms with E-state index in [0.717, 1.165) is 13.0 Å². The summed E-state index contributed by atoms with van der Waals surface area (Å²) in [5.41, 5.74) is 0. The first kappa shape index (κ1) is 11.4. The van der Waals surface area contributed by atoms with E-state index in [1.54, 1.807) is 0 Å². The van der Waals surface area contributed by atoms with Crippen LogP contribution in [0.25, 0.3) is 0 Å². The third kappa shape index (κ3) is 6.81. The van der Waals surface area contributed by atoms with Crippen molar-refractivity contribution in [3.05, 3.63) is 0 Å². The first-order valence-electron chi connectivity index (χ1n) is 3.74. The maximum atomic E-state index is 10.0. The Morgan fingerprint density at radius 2 is 2.18 bits per heavy atom. The molecule has 1 aliphatic rings. The topological polar surface area (TPSA) is 49.3 Å². The fourth-order valence-corrected chi connectivity index (χ4v) is 0.833. The maximum absolute atomic E-state index is 10.0. The Labute approximate surface area is 88.8 Å². The molecule has 0 saturated heterocycles. The molecule has 3 nitrogen and oxygen atoms in total.